The molecule has 6 heteroatoms. The van der Waals surface area contributed by atoms with Crippen LogP contribution in [0.1, 0.15) is 40.0 Å². The molecule has 0 bridgehead atoms. The molecule has 2 aromatic heterocycles. The average Bonchev–Trinajstić information content (AvgIpc) is 2.88. The number of likely N-dealkylation sites (N-methyl/N-ethyl adjacent to an activating group) is 1. The van der Waals surface area contributed by atoms with Crippen LogP contribution in [0.5, 0.6) is 0 Å². The second kappa shape index (κ2) is 5.78. The second-order valence-electron chi connectivity index (χ2n) is 5.39. The number of nitriles is 1. The number of anilines is 1. The Hall–Kier alpha value is -2.00. The van der Waals surface area contributed by atoms with Gasteiger partial charge in [0.25, 0.3) is 0 Å². The number of rotatable bonds is 3. The lowest BCUT2D eigenvalue weighted by Gasteiger charge is -2.27. The largest absolute Gasteiger partial charge is 0.358 e. The highest BCUT2D eigenvalue weighted by Gasteiger charge is 2.25. The average molecular weight is 299 g/mol. The summed E-state index contributed by atoms with van der Waals surface area (Å²) < 4.78 is 0. The molecule has 21 heavy (non-hydrogen) atoms. The fourth-order valence-electron chi connectivity index (χ4n) is 2.82. The van der Waals surface area contributed by atoms with Crippen LogP contribution in [0.25, 0.3) is 0 Å². The summed E-state index contributed by atoms with van der Waals surface area (Å²) in [5.74, 6) is 1.18. The highest BCUT2D eigenvalue weighted by atomic mass is 32.1. The van der Waals surface area contributed by atoms with E-state index in [-0.39, 0.29) is 0 Å². The molecule has 108 valence electrons. The smallest absolute Gasteiger partial charge is 0.161 e. The molecule has 0 spiro atoms. The number of nitrogens with zero attached hydrogens (tertiary/aromatic N) is 5. The Morgan fingerprint density at radius 2 is 2.29 bits per heavy atom. The van der Waals surface area contributed by atoms with Crippen molar-refractivity contribution in [3.05, 3.63) is 33.7 Å². The summed E-state index contributed by atoms with van der Waals surface area (Å²) >= 11 is 1.82. The van der Waals surface area contributed by atoms with Crippen LogP contribution in [0.2, 0.25) is 0 Å². The topological polar surface area (TPSA) is 65.7 Å². The summed E-state index contributed by atoms with van der Waals surface area (Å²) in [5.41, 5.74) is 1.62. The van der Waals surface area contributed by atoms with Crippen molar-refractivity contribution >= 4 is 17.2 Å². The molecule has 1 aliphatic rings. The van der Waals surface area contributed by atoms with Crippen molar-refractivity contribution in [2.24, 2.45) is 0 Å². The molecule has 0 aliphatic heterocycles. The Balaban J connectivity index is 1.79. The van der Waals surface area contributed by atoms with Gasteiger partial charge in [-0.05, 0) is 26.2 Å². The van der Waals surface area contributed by atoms with Crippen molar-refractivity contribution < 1.29 is 0 Å². The summed E-state index contributed by atoms with van der Waals surface area (Å²) in [6.45, 7) is 2.94. The van der Waals surface area contributed by atoms with Crippen molar-refractivity contribution in [2.45, 2.75) is 32.1 Å². The Labute approximate surface area is 128 Å². The summed E-state index contributed by atoms with van der Waals surface area (Å²) in [6.07, 6.45) is 6.73. The summed E-state index contributed by atoms with van der Waals surface area (Å²) in [7, 11) is 2.00. The van der Waals surface area contributed by atoms with E-state index in [2.05, 4.69) is 21.8 Å². The Morgan fingerprint density at radius 3 is 3.10 bits per heavy atom. The molecule has 3 rings (SSSR count). The van der Waals surface area contributed by atoms with E-state index < -0.39 is 0 Å². The lowest BCUT2D eigenvalue weighted by molar-refractivity contribution is 0.542. The summed E-state index contributed by atoms with van der Waals surface area (Å²) in [6, 6.07) is 2.03. The number of hydrogen-bond acceptors (Lipinski definition) is 6. The van der Waals surface area contributed by atoms with Gasteiger partial charge in [0.15, 0.2) is 5.69 Å². The first kappa shape index (κ1) is 14.0. The van der Waals surface area contributed by atoms with Crippen molar-refractivity contribution in [2.75, 3.05) is 18.5 Å². The van der Waals surface area contributed by atoms with Crippen LogP contribution < -0.4 is 4.90 Å². The summed E-state index contributed by atoms with van der Waals surface area (Å²) in [4.78, 5) is 16.6. The molecule has 0 saturated heterocycles. The highest BCUT2D eigenvalue weighted by Crippen LogP contribution is 2.35. The zero-order valence-electron chi connectivity index (χ0n) is 12.2. The van der Waals surface area contributed by atoms with E-state index >= 15 is 0 Å². The van der Waals surface area contributed by atoms with Gasteiger partial charge in [0.1, 0.15) is 11.9 Å². The van der Waals surface area contributed by atoms with Crippen molar-refractivity contribution in [3.8, 4) is 6.07 Å². The van der Waals surface area contributed by atoms with Crippen LogP contribution >= 0.6 is 11.3 Å². The van der Waals surface area contributed by atoms with Gasteiger partial charge in [-0.15, -0.1) is 11.3 Å². The molecule has 2 aromatic rings. The van der Waals surface area contributed by atoms with E-state index in [9.17, 15) is 0 Å². The number of fused-ring (bicyclic) bond motifs is 1. The normalized spacial score (nSPS) is 17.1. The van der Waals surface area contributed by atoms with Gasteiger partial charge in [-0.1, -0.05) is 0 Å². The van der Waals surface area contributed by atoms with E-state index in [0.29, 0.717) is 11.6 Å². The summed E-state index contributed by atoms with van der Waals surface area (Å²) in [5, 5.41) is 10.1. The minimum absolute atomic E-state index is 0.355. The number of aryl methyl sites for hydroxylation is 2. The van der Waals surface area contributed by atoms with E-state index in [1.807, 2.05) is 24.5 Å². The lowest BCUT2D eigenvalue weighted by Crippen LogP contribution is -2.27. The zero-order valence-corrected chi connectivity index (χ0v) is 13.0. The molecule has 1 aliphatic carbocycles. The van der Waals surface area contributed by atoms with Crippen LogP contribution in [0.3, 0.4) is 0 Å². The van der Waals surface area contributed by atoms with Crippen LogP contribution in [-0.4, -0.2) is 28.5 Å². The van der Waals surface area contributed by atoms with Crippen LogP contribution in [0.4, 0.5) is 5.82 Å². The third-order valence-corrected chi connectivity index (χ3v) is 4.85. The fraction of sp³-hybridized carbons (Fsp3) is 0.467. The van der Waals surface area contributed by atoms with Gasteiger partial charge in [0, 0.05) is 24.4 Å². The van der Waals surface area contributed by atoms with E-state index in [0.717, 1.165) is 30.2 Å². The molecule has 2 heterocycles. The standard InChI is InChI=1S/C15H17N5S/c1-10-18-15-11(4-3-5-13(15)21-10)9-20(2)14-8-17-7-12(6-16)19-14/h7-8,11H,3-5,9H2,1-2H3/t11-/m1/s1. The molecule has 5 nitrogen and oxygen atoms in total. The monoisotopic (exact) mass is 299 g/mol. The van der Waals surface area contributed by atoms with Crippen LogP contribution in [0.15, 0.2) is 12.4 Å². The Morgan fingerprint density at radius 1 is 1.43 bits per heavy atom. The van der Waals surface area contributed by atoms with E-state index in [1.54, 1.807) is 6.20 Å². The van der Waals surface area contributed by atoms with Gasteiger partial charge < -0.3 is 4.90 Å². The third kappa shape index (κ3) is 2.88. The quantitative estimate of drug-likeness (QED) is 0.871. The SMILES string of the molecule is Cc1nc2c(s1)CCC[C@@H]2CN(C)c1cncc(C#N)n1. The maximum atomic E-state index is 8.92. The molecule has 0 radical (unpaired) electrons. The molecule has 0 unspecified atom stereocenters. The van der Waals surface area contributed by atoms with E-state index in [4.69, 9.17) is 10.2 Å². The predicted octanol–water partition coefficient (Wildman–Crippen LogP) is 2.67. The Kier molecular flexibility index (Phi) is 3.84. The van der Waals surface area contributed by atoms with Crippen LogP contribution in [-0.2, 0) is 6.42 Å². The molecule has 0 amide bonds. The van der Waals surface area contributed by atoms with Gasteiger partial charge in [0.2, 0.25) is 0 Å². The van der Waals surface area contributed by atoms with Gasteiger partial charge in [-0.25, -0.2) is 9.97 Å². The first-order valence-electron chi connectivity index (χ1n) is 7.07. The molecule has 0 fully saturated rings. The fourth-order valence-corrected chi connectivity index (χ4v) is 3.89. The molecular formula is C15H17N5S. The van der Waals surface area contributed by atoms with Gasteiger partial charge in [-0.2, -0.15) is 5.26 Å². The maximum Gasteiger partial charge on any atom is 0.161 e. The zero-order chi connectivity index (χ0) is 14.8. The number of thiazole rings is 1. The Bertz CT molecular complexity index is 688. The minimum Gasteiger partial charge on any atom is -0.358 e. The van der Waals surface area contributed by atoms with Gasteiger partial charge in [0.05, 0.1) is 23.1 Å². The lowest BCUT2D eigenvalue weighted by atomic mass is 9.90. The molecule has 0 aromatic carbocycles. The first-order chi connectivity index (χ1) is 10.2. The van der Waals surface area contributed by atoms with Crippen molar-refractivity contribution in [3.63, 3.8) is 0 Å². The van der Waals surface area contributed by atoms with Crippen molar-refractivity contribution in [1.29, 1.82) is 5.26 Å². The van der Waals surface area contributed by atoms with Gasteiger partial charge in [-0.3, -0.25) is 4.98 Å². The van der Waals surface area contributed by atoms with E-state index in [1.165, 1.54) is 23.2 Å². The maximum absolute atomic E-state index is 8.92. The third-order valence-electron chi connectivity index (χ3n) is 3.80. The molecular weight excluding hydrogens is 282 g/mol. The minimum atomic E-state index is 0.355. The molecule has 1 atom stereocenters. The first-order valence-corrected chi connectivity index (χ1v) is 7.88. The predicted molar refractivity (Wildman–Crippen MR) is 82.5 cm³/mol. The number of hydrogen-bond donors (Lipinski definition) is 0. The van der Waals surface area contributed by atoms with Crippen molar-refractivity contribution in [1.82, 2.24) is 15.0 Å². The number of aromatic nitrogens is 3. The second-order valence-corrected chi connectivity index (χ2v) is 6.67. The highest BCUT2D eigenvalue weighted by molar-refractivity contribution is 7.11. The molecule has 0 saturated carbocycles. The molecule has 0 N–H and O–H groups in total. The van der Waals surface area contributed by atoms with Crippen LogP contribution in [0, 0.1) is 18.3 Å². The van der Waals surface area contributed by atoms with Gasteiger partial charge >= 0.3 is 0 Å².